The van der Waals surface area contributed by atoms with E-state index in [0.717, 1.165) is 40.7 Å². The van der Waals surface area contributed by atoms with Gasteiger partial charge in [0, 0.05) is 26.3 Å². The second-order valence-electron chi connectivity index (χ2n) is 8.97. The number of aliphatic hydroxyl groups is 1. The number of rotatable bonds is 6. The minimum absolute atomic E-state index is 0.0510. The molecule has 0 spiro atoms. The third-order valence-electron chi connectivity index (χ3n) is 5.30. The van der Waals surface area contributed by atoms with Gasteiger partial charge in [-0.3, -0.25) is 9.59 Å². The predicted octanol–water partition coefficient (Wildman–Crippen LogP) is 4.10. The van der Waals surface area contributed by atoms with Crippen molar-refractivity contribution in [3.05, 3.63) is 0 Å². The molecule has 2 rings (SSSR count). The van der Waals surface area contributed by atoms with Gasteiger partial charge in [-0.15, -0.1) is 0 Å². The summed E-state index contributed by atoms with van der Waals surface area (Å²) in [7, 11) is 0. The fraction of sp³-hybridized carbons (Fsp3) is 0.900. The van der Waals surface area contributed by atoms with Gasteiger partial charge in [0.2, 0.25) is 11.8 Å². The maximum absolute atomic E-state index is 12.5. The van der Waals surface area contributed by atoms with E-state index in [0.29, 0.717) is 13.0 Å². The maximum Gasteiger partial charge on any atom is 0.394 e. The van der Waals surface area contributed by atoms with Crippen molar-refractivity contribution in [2.45, 2.75) is 76.7 Å². The Morgan fingerprint density at radius 1 is 0.879 bits per heavy atom. The van der Waals surface area contributed by atoms with Crippen LogP contribution >= 0.6 is 15.9 Å². The van der Waals surface area contributed by atoms with E-state index in [9.17, 15) is 35.9 Å². The molecule has 2 aliphatic heterocycles. The van der Waals surface area contributed by atoms with Crippen LogP contribution in [-0.4, -0.2) is 66.5 Å². The lowest BCUT2D eigenvalue weighted by Gasteiger charge is -2.27. The highest BCUT2D eigenvalue weighted by molar-refractivity contribution is 9.10. The number of carbonyl (C=O) groups is 2. The van der Waals surface area contributed by atoms with Crippen molar-refractivity contribution in [2.24, 2.45) is 10.8 Å². The SMILES string of the molecule is CC(C)(CCO)C(F)(F)F.CC(C)(CCOC1CCNC1=O)C(F)(F)F.O=C1NCCC1Br. The molecule has 2 aliphatic rings. The van der Waals surface area contributed by atoms with Crippen molar-refractivity contribution in [1.29, 1.82) is 0 Å². The van der Waals surface area contributed by atoms with Crippen LogP contribution in [0.2, 0.25) is 0 Å². The summed E-state index contributed by atoms with van der Waals surface area (Å²) < 4.78 is 78.3. The van der Waals surface area contributed by atoms with Crippen molar-refractivity contribution >= 4 is 27.7 Å². The normalized spacial score (nSPS) is 21.5. The zero-order valence-electron chi connectivity index (χ0n) is 19.1. The van der Waals surface area contributed by atoms with E-state index >= 15 is 0 Å². The zero-order chi connectivity index (χ0) is 26.1. The number of nitrogens with one attached hydrogen (secondary N) is 2. The van der Waals surface area contributed by atoms with Crippen molar-refractivity contribution in [1.82, 2.24) is 10.6 Å². The van der Waals surface area contributed by atoms with Gasteiger partial charge in [-0.05, 0) is 25.7 Å². The second-order valence-corrected chi connectivity index (χ2v) is 10.1. The standard InChI is InChI=1S/C10H16F3NO2.C6H11F3O.C4H6BrNO/c1-9(2,10(11,12)13)4-6-16-7-3-5-14-8(7)15;1-5(2,3-4-10)6(7,8)9;5-3-1-2-6-4(3)7/h7H,3-6H2,1-2H3,(H,14,15);10H,3-4H2,1-2H3;3H,1-2H2,(H,6,7). The van der Waals surface area contributed by atoms with E-state index in [2.05, 4.69) is 26.6 Å². The number of hydrogen-bond acceptors (Lipinski definition) is 4. The molecule has 2 fully saturated rings. The van der Waals surface area contributed by atoms with Gasteiger partial charge in [0.05, 0.1) is 15.7 Å². The molecule has 0 saturated carbocycles. The average Bonchev–Trinajstić information content (AvgIpc) is 3.22. The molecule has 33 heavy (non-hydrogen) atoms. The first-order valence-electron chi connectivity index (χ1n) is 10.4. The van der Waals surface area contributed by atoms with Gasteiger partial charge in [-0.25, -0.2) is 0 Å². The van der Waals surface area contributed by atoms with Gasteiger partial charge in [0.15, 0.2) is 0 Å². The zero-order valence-corrected chi connectivity index (χ0v) is 20.7. The first-order valence-corrected chi connectivity index (χ1v) is 11.3. The van der Waals surface area contributed by atoms with Crippen LogP contribution in [0, 0.1) is 10.8 Å². The molecular weight excluding hydrogens is 526 g/mol. The summed E-state index contributed by atoms with van der Waals surface area (Å²) in [6, 6.07) is 0. The second kappa shape index (κ2) is 13.1. The Bertz CT molecular complexity index is 627. The third-order valence-corrected chi connectivity index (χ3v) is 6.17. The summed E-state index contributed by atoms with van der Waals surface area (Å²) >= 11 is 3.19. The van der Waals surface area contributed by atoms with Crippen LogP contribution < -0.4 is 10.6 Å². The van der Waals surface area contributed by atoms with Crippen molar-refractivity contribution in [2.75, 3.05) is 26.3 Å². The summed E-state index contributed by atoms with van der Waals surface area (Å²) in [5.74, 6) is -0.107. The monoisotopic (exact) mass is 558 g/mol. The number of amides is 2. The van der Waals surface area contributed by atoms with Gasteiger partial charge < -0.3 is 20.5 Å². The predicted molar refractivity (Wildman–Crippen MR) is 114 cm³/mol. The highest BCUT2D eigenvalue weighted by atomic mass is 79.9. The molecule has 0 aromatic rings. The molecule has 2 heterocycles. The molecular formula is C20H33BrF6N2O4. The summed E-state index contributed by atoms with van der Waals surface area (Å²) in [4.78, 5) is 21.6. The van der Waals surface area contributed by atoms with Crippen molar-refractivity contribution in [3.8, 4) is 0 Å². The first-order chi connectivity index (χ1) is 14.9. The first kappa shape index (κ1) is 31.9. The summed E-state index contributed by atoms with van der Waals surface area (Å²) in [6.45, 7) is 5.29. The Balaban J connectivity index is 0.000000513. The molecule has 2 amide bonds. The van der Waals surface area contributed by atoms with E-state index < -0.39 is 35.9 Å². The molecule has 2 atom stereocenters. The van der Waals surface area contributed by atoms with Gasteiger partial charge in [-0.2, -0.15) is 26.3 Å². The van der Waals surface area contributed by atoms with Crippen molar-refractivity contribution < 1.29 is 45.8 Å². The fourth-order valence-electron chi connectivity index (χ4n) is 2.31. The molecule has 0 aromatic carbocycles. The van der Waals surface area contributed by atoms with Gasteiger partial charge >= 0.3 is 12.4 Å². The van der Waals surface area contributed by atoms with Crippen molar-refractivity contribution in [3.63, 3.8) is 0 Å². The Labute approximate surface area is 198 Å². The molecule has 3 N–H and O–H groups in total. The number of carbonyl (C=O) groups excluding carboxylic acids is 2. The number of aliphatic hydroxyl groups excluding tert-OH is 1. The lowest BCUT2D eigenvalue weighted by molar-refractivity contribution is -0.217. The van der Waals surface area contributed by atoms with E-state index in [4.69, 9.17) is 9.84 Å². The van der Waals surface area contributed by atoms with Gasteiger partial charge in [0.1, 0.15) is 6.10 Å². The average molecular weight is 559 g/mol. The molecule has 0 aliphatic carbocycles. The minimum atomic E-state index is -4.24. The highest BCUT2D eigenvalue weighted by Crippen LogP contribution is 2.40. The van der Waals surface area contributed by atoms with Crippen LogP contribution in [0.25, 0.3) is 0 Å². The van der Waals surface area contributed by atoms with E-state index in [1.54, 1.807) is 0 Å². The Hall–Kier alpha value is -1.08. The van der Waals surface area contributed by atoms with E-state index in [1.165, 1.54) is 0 Å². The summed E-state index contributed by atoms with van der Waals surface area (Å²) in [6.07, 6.45) is -7.95. The maximum atomic E-state index is 12.5. The quantitative estimate of drug-likeness (QED) is 0.338. The molecule has 0 radical (unpaired) electrons. The highest BCUT2D eigenvalue weighted by Gasteiger charge is 2.47. The molecule has 196 valence electrons. The Kier molecular flexibility index (Phi) is 12.7. The molecule has 6 nitrogen and oxygen atoms in total. The van der Waals surface area contributed by atoms with Gasteiger partial charge in [-0.1, -0.05) is 43.6 Å². The van der Waals surface area contributed by atoms with Crippen LogP contribution in [0.5, 0.6) is 0 Å². The number of halogens is 7. The number of ether oxygens (including phenoxy) is 1. The lowest BCUT2D eigenvalue weighted by Crippen LogP contribution is -2.34. The Morgan fingerprint density at radius 2 is 1.33 bits per heavy atom. The topological polar surface area (TPSA) is 87.7 Å². The fourth-order valence-corrected chi connectivity index (χ4v) is 2.70. The van der Waals surface area contributed by atoms with Crippen LogP contribution in [0.1, 0.15) is 53.4 Å². The largest absolute Gasteiger partial charge is 0.396 e. The molecule has 2 saturated heterocycles. The number of alkyl halides is 7. The van der Waals surface area contributed by atoms with Crippen LogP contribution in [0.4, 0.5) is 26.3 Å². The minimum Gasteiger partial charge on any atom is -0.396 e. The van der Waals surface area contributed by atoms with Crippen LogP contribution in [0.3, 0.4) is 0 Å². The molecule has 2 unspecified atom stereocenters. The van der Waals surface area contributed by atoms with Crippen LogP contribution in [-0.2, 0) is 14.3 Å². The molecule has 0 aromatic heterocycles. The number of hydrogen-bond donors (Lipinski definition) is 3. The molecule has 0 bridgehead atoms. The lowest BCUT2D eigenvalue weighted by atomic mass is 9.89. The summed E-state index contributed by atoms with van der Waals surface area (Å²) in [5, 5.41) is 13.5. The smallest absolute Gasteiger partial charge is 0.394 e. The van der Waals surface area contributed by atoms with E-state index in [1.807, 2.05) is 0 Å². The Morgan fingerprint density at radius 3 is 1.61 bits per heavy atom. The van der Waals surface area contributed by atoms with E-state index in [-0.39, 0.29) is 36.1 Å². The third kappa shape index (κ3) is 11.3. The molecule has 13 heteroatoms. The summed E-state index contributed by atoms with van der Waals surface area (Å²) in [5.41, 5.74) is -3.54. The van der Waals surface area contributed by atoms with Crippen LogP contribution in [0.15, 0.2) is 0 Å². The van der Waals surface area contributed by atoms with Gasteiger partial charge in [0.25, 0.3) is 0 Å².